The Balaban J connectivity index is 1.93. The largest absolute Gasteiger partial charge is 0.367 e. The van der Waals surface area contributed by atoms with Crippen molar-refractivity contribution in [3.05, 3.63) is 12.3 Å². The van der Waals surface area contributed by atoms with E-state index in [9.17, 15) is 0 Å². The number of nitrogens with one attached hydrogen (secondary N) is 2. The molecule has 100 valence electrons. The molecule has 2 N–H and O–H groups in total. The lowest BCUT2D eigenvalue weighted by Gasteiger charge is -2.23. The van der Waals surface area contributed by atoms with Crippen LogP contribution in [0.15, 0.2) is 12.3 Å². The van der Waals surface area contributed by atoms with Gasteiger partial charge in [-0.15, -0.1) is 0 Å². The Morgan fingerprint density at radius 2 is 2.11 bits per heavy atom. The lowest BCUT2D eigenvalue weighted by atomic mass is 9.96. The van der Waals surface area contributed by atoms with Crippen LogP contribution in [-0.4, -0.2) is 22.1 Å². The first-order valence-corrected chi connectivity index (χ1v) is 7.14. The Morgan fingerprint density at radius 3 is 2.83 bits per heavy atom. The van der Waals surface area contributed by atoms with E-state index in [4.69, 9.17) is 0 Å². The van der Waals surface area contributed by atoms with E-state index >= 15 is 0 Å². The zero-order chi connectivity index (χ0) is 12.8. The molecule has 2 rings (SSSR count). The summed E-state index contributed by atoms with van der Waals surface area (Å²) in [6.07, 6.45) is 9.41. The maximum Gasteiger partial charge on any atom is 0.224 e. The molecule has 1 saturated carbocycles. The van der Waals surface area contributed by atoms with Gasteiger partial charge in [0, 0.05) is 18.3 Å². The average Bonchev–Trinajstić information content (AvgIpc) is 2.40. The number of hydrogen-bond donors (Lipinski definition) is 2. The monoisotopic (exact) mass is 248 g/mol. The number of rotatable bonds is 5. The van der Waals surface area contributed by atoms with Crippen molar-refractivity contribution >= 4 is 11.8 Å². The molecule has 1 aliphatic carbocycles. The zero-order valence-corrected chi connectivity index (χ0v) is 11.4. The molecule has 0 aromatic carbocycles. The van der Waals surface area contributed by atoms with Gasteiger partial charge in [0.15, 0.2) is 0 Å². The van der Waals surface area contributed by atoms with Crippen LogP contribution in [0.1, 0.15) is 52.4 Å². The number of anilines is 2. The summed E-state index contributed by atoms with van der Waals surface area (Å²) in [6.45, 7) is 4.33. The summed E-state index contributed by atoms with van der Waals surface area (Å²) in [5.41, 5.74) is 0. The van der Waals surface area contributed by atoms with Crippen molar-refractivity contribution in [2.24, 2.45) is 0 Å². The molecule has 0 radical (unpaired) electrons. The highest BCUT2D eigenvalue weighted by molar-refractivity contribution is 5.40. The highest BCUT2D eigenvalue weighted by Gasteiger charge is 2.14. The fourth-order valence-electron chi connectivity index (χ4n) is 2.29. The van der Waals surface area contributed by atoms with Gasteiger partial charge in [-0.25, -0.2) is 4.98 Å². The maximum absolute atomic E-state index is 4.52. The van der Waals surface area contributed by atoms with Gasteiger partial charge in [-0.3, -0.25) is 0 Å². The van der Waals surface area contributed by atoms with Crippen LogP contribution >= 0.6 is 0 Å². The van der Waals surface area contributed by atoms with Crippen LogP contribution in [0, 0.1) is 0 Å². The van der Waals surface area contributed by atoms with Crippen LogP contribution in [0.4, 0.5) is 11.8 Å². The number of aromatic nitrogens is 2. The Morgan fingerprint density at radius 1 is 1.33 bits per heavy atom. The molecule has 1 aromatic heterocycles. The second-order valence-corrected chi connectivity index (χ2v) is 5.20. The first-order valence-electron chi connectivity index (χ1n) is 7.14. The van der Waals surface area contributed by atoms with Gasteiger partial charge in [0.05, 0.1) is 0 Å². The van der Waals surface area contributed by atoms with Crippen molar-refractivity contribution < 1.29 is 0 Å². The van der Waals surface area contributed by atoms with Crippen molar-refractivity contribution in [2.75, 3.05) is 10.6 Å². The van der Waals surface area contributed by atoms with E-state index in [1.807, 2.05) is 12.3 Å². The quantitative estimate of drug-likeness (QED) is 0.838. The van der Waals surface area contributed by atoms with E-state index in [2.05, 4.69) is 34.4 Å². The van der Waals surface area contributed by atoms with Crippen LogP contribution < -0.4 is 10.6 Å². The van der Waals surface area contributed by atoms with Crippen LogP contribution in [0.2, 0.25) is 0 Å². The third kappa shape index (κ3) is 3.86. The van der Waals surface area contributed by atoms with Crippen LogP contribution in [-0.2, 0) is 0 Å². The lowest BCUT2D eigenvalue weighted by molar-refractivity contribution is 0.461. The molecular formula is C14H24N4. The van der Waals surface area contributed by atoms with Gasteiger partial charge < -0.3 is 10.6 Å². The molecule has 4 nitrogen and oxygen atoms in total. The van der Waals surface area contributed by atoms with Crippen molar-refractivity contribution in [1.82, 2.24) is 9.97 Å². The predicted octanol–water partition coefficient (Wildman–Crippen LogP) is 3.43. The molecule has 1 atom stereocenters. The zero-order valence-electron chi connectivity index (χ0n) is 11.4. The number of nitrogens with zero attached hydrogens (tertiary/aromatic N) is 2. The van der Waals surface area contributed by atoms with Gasteiger partial charge in [-0.2, -0.15) is 4.98 Å². The van der Waals surface area contributed by atoms with E-state index in [0.29, 0.717) is 12.1 Å². The van der Waals surface area contributed by atoms with Gasteiger partial charge in [-0.1, -0.05) is 26.2 Å². The van der Waals surface area contributed by atoms with Gasteiger partial charge in [0.2, 0.25) is 5.95 Å². The smallest absolute Gasteiger partial charge is 0.224 e. The highest BCUT2D eigenvalue weighted by atomic mass is 15.2. The van der Waals surface area contributed by atoms with Crippen LogP contribution in [0.3, 0.4) is 0 Å². The molecule has 1 unspecified atom stereocenters. The summed E-state index contributed by atoms with van der Waals surface area (Å²) in [6, 6.07) is 2.93. The van der Waals surface area contributed by atoms with Crippen molar-refractivity contribution in [3.8, 4) is 0 Å². The standard InChI is InChI=1S/C14H24N4/c1-3-11(2)16-13-9-10-15-14(18-13)17-12-7-5-4-6-8-12/h9-12H,3-8H2,1-2H3,(H2,15,16,17,18). The van der Waals surface area contributed by atoms with E-state index in [1.165, 1.54) is 32.1 Å². The maximum atomic E-state index is 4.52. The molecule has 1 aliphatic rings. The van der Waals surface area contributed by atoms with Crippen LogP contribution in [0.5, 0.6) is 0 Å². The summed E-state index contributed by atoms with van der Waals surface area (Å²) in [4.78, 5) is 8.83. The summed E-state index contributed by atoms with van der Waals surface area (Å²) in [7, 11) is 0. The number of hydrogen-bond acceptors (Lipinski definition) is 4. The second-order valence-electron chi connectivity index (χ2n) is 5.20. The molecule has 18 heavy (non-hydrogen) atoms. The van der Waals surface area contributed by atoms with Gasteiger partial charge in [0.1, 0.15) is 5.82 Å². The van der Waals surface area contributed by atoms with E-state index in [-0.39, 0.29) is 0 Å². The Kier molecular flexibility index (Phi) is 4.79. The van der Waals surface area contributed by atoms with E-state index in [0.717, 1.165) is 18.2 Å². The Bertz CT molecular complexity index is 361. The minimum atomic E-state index is 0.447. The lowest BCUT2D eigenvalue weighted by Crippen LogP contribution is -2.24. The molecule has 0 saturated heterocycles. The molecule has 0 bridgehead atoms. The highest BCUT2D eigenvalue weighted by Crippen LogP contribution is 2.20. The van der Waals surface area contributed by atoms with E-state index < -0.39 is 0 Å². The van der Waals surface area contributed by atoms with Gasteiger partial charge in [0.25, 0.3) is 0 Å². The van der Waals surface area contributed by atoms with Crippen LogP contribution in [0.25, 0.3) is 0 Å². The molecule has 0 spiro atoms. The first kappa shape index (κ1) is 13.1. The van der Waals surface area contributed by atoms with Crippen molar-refractivity contribution in [2.45, 2.75) is 64.5 Å². The third-order valence-corrected chi connectivity index (χ3v) is 3.60. The summed E-state index contributed by atoms with van der Waals surface area (Å²) >= 11 is 0. The first-order chi connectivity index (χ1) is 8.78. The Labute approximate surface area is 110 Å². The Hall–Kier alpha value is -1.32. The van der Waals surface area contributed by atoms with Crippen molar-refractivity contribution in [3.63, 3.8) is 0 Å². The molecule has 1 heterocycles. The summed E-state index contributed by atoms with van der Waals surface area (Å²) in [5.74, 6) is 1.67. The van der Waals surface area contributed by atoms with Gasteiger partial charge >= 0.3 is 0 Å². The molecule has 0 aliphatic heterocycles. The molecule has 1 fully saturated rings. The average molecular weight is 248 g/mol. The molecule has 4 heteroatoms. The minimum Gasteiger partial charge on any atom is -0.367 e. The van der Waals surface area contributed by atoms with Crippen molar-refractivity contribution in [1.29, 1.82) is 0 Å². The topological polar surface area (TPSA) is 49.8 Å². The molecular weight excluding hydrogens is 224 g/mol. The normalized spacial score (nSPS) is 18.3. The molecule has 1 aromatic rings. The summed E-state index contributed by atoms with van der Waals surface area (Å²) in [5, 5.41) is 6.83. The summed E-state index contributed by atoms with van der Waals surface area (Å²) < 4.78 is 0. The van der Waals surface area contributed by atoms with E-state index in [1.54, 1.807) is 0 Å². The van der Waals surface area contributed by atoms with Gasteiger partial charge in [-0.05, 0) is 32.3 Å². The second kappa shape index (κ2) is 6.57. The minimum absolute atomic E-state index is 0.447. The molecule has 0 amide bonds. The third-order valence-electron chi connectivity index (χ3n) is 3.60. The SMILES string of the molecule is CCC(C)Nc1ccnc(NC2CCCCC2)n1. The predicted molar refractivity (Wildman–Crippen MR) is 75.9 cm³/mol. The fourth-order valence-corrected chi connectivity index (χ4v) is 2.29. The fraction of sp³-hybridized carbons (Fsp3) is 0.714.